The van der Waals surface area contributed by atoms with Gasteiger partial charge in [-0.2, -0.15) is 0 Å². The Kier molecular flexibility index (Phi) is 6.19. The number of sulfonamides is 1. The van der Waals surface area contributed by atoms with Crippen LogP contribution in [0.3, 0.4) is 0 Å². The first-order chi connectivity index (χ1) is 12.9. The molecule has 0 bridgehead atoms. The van der Waals surface area contributed by atoms with E-state index in [1.165, 1.54) is 6.07 Å². The first-order valence-electron chi connectivity index (χ1n) is 9.01. The van der Waals surface area contributed by atoms with Crippen LogP contribution in [0.4, 0.5) is 0 Å². The number of likely N-dealkylation sites (tertiary alicyclic amines) is 1. The number of hydrogen-bond acceptors (Lipinski definition) is 3. The zero-order valence-electron chi connectivity index (χ0n) is 15.2. The SMILES string of the molecule is Cc1c(Cl)cccc1S(=O)(=O)NCc1cccc(C(=O)N2CCCCC2)c1. The minimum absolute atomic E-state index is 0.00472. The maximum absolute atomic E-state index is 12.6. The highest BCUT2D eigenvalue weighted by molar-refractivity contribution is 7.89. The molecule has 1 aliphatic rings. The number of carbonyl (C=O) groups excluding carboxylic acids is 1. The third-order valence-electron chi connectivity index (χ3n) is 4.79. The summed E-state index contributed by atoms with van der Waals surface area (Å²) in [6.07, 6.45) is 3.23. The molecule has 7 heteroatoms. The topological polar surface area (TPSA) is 66.5 Å². The number of nitrogens with zero attached hydrogens (tertiary/aromatic N) is 1. The van der Waals surface area contributed by atoms with Crippen molar-refractivity contribution >= 4 is 27.5 Å². The predicted octanol–water partition coefficient (Wildman–Crippen LogP) is 3.75. The number of hydrogen-bond donors (Lipinski definition) is 1. The Morgan fingerprint density at radius 1 is 1.11 bits per heavy atom. The third kappa shape index (κ3) is 4.69. The quantitative estimate of drug-likeness (QED) is 0.822. The molecular weight excluding hydrogens is 384 g/mol. The van der Waals surface area contributed by atoms with Crippen LogP contribution in [0, 0.1) is 6.92 Å². The van der Waals surface area contributed by atoms with E-state index in [1.807, 2.05) is 4.90 Å². The van der Waals surface area contributed by atoms with Crippen LogP contribution < -0.4 is 4.72 Å². The highest BCUT2D eigenvalue weighted by atomic mass is 35.5. The zero-order chi connectivity index (χ0) is 19.4. The lowest BCUT2D eigenvalue weighted by Gasteiger charge is -2.26. The highest BCUT2D eigenvalue weighted by Gasteiger charge is 2.20. The van der Waals surface area contributed by atoms with Crippen molar-refractivity contribution in [1.82, 2.24) is 9.62 Å². The largest absolute Gasteiger partial charge is 0.339 e. The van der Waals surface area contributed by atoms with Gasteiger partial charge in [0.15, 0.2) is 0 Å². The van der Waals surface area contributed by atoms with Crippen LogP contribution in [0.1, 0.15) is 40.7 Å². The molecule has 1 saturated heterocycles. The first kappa shape index (κ1) is 19.9. The molecular formula is C20H23ClN2O3S. The van der Waals surface area contributed by atoms with Crippen LogP contribution in [0.25, 0.3) is 0 Å². The molecule has 27 heavy (non-hydrogen) atoms. The maximum Gasteiger partial charge on any atom is 0.253 e. The fraction of sp³-hybridized carbons (Fsp3) is 0.350. The summed E-state index contributed by atoms with van der Waals surface area (Å²) in [6, 6.07) is 11.9. The van der Waals surface area contributed by atoms with Gasteiger partial charge in [-0.05, 0) is 61.6 Å². The van der Waals surface area contributed by atoms with E-state index < -0.39 is 10.0 Å². The lowest BCUT2D eigenvalue weighted by molar-refractivity contribution is 0.0724. The number of piperidine rings is 1. The Morgan fingerprint density at radius 3 is 2.56 bits per heavy atom. The lowest BCUT2D eigenvalue weighted by Crippen LogP contribution is -2.35. The van der Waals surface area contributed by atoms with Crippen LogP contribution in [-0.2, 0) is 16.6 Å². The van der Waals surface area contributed by atoms with Gasteiger partial charge in [0.2, 0.25) is 10.0 Å². The van der Waals surface area contributed by atoms with Gasteiger partial charge in [0.1, 0.15) is 0 Å². The highest BCUT2D eigenvalue weighted by Crippen LogP contribution is 2.23. The van der Waals surface area contributed by atoms with Gasteiger partial charge in [0.25, 0.3) is 5.91 Å². The molecule has 1 aliphatic heterocycles. The van der Waals surface area contributed by atoms with Gasteiger partial charge in [-0.3, -0.25) is 4.79 Å². The molecule has 5 nitrogen and oxygen atoms in total. The molecule has 0 aromatic heterocycles. The normalized spacial score (nSPS) is 15.0. The minimum Gasteiger partial charge on any atom is -0.339 e. The molecule has 144 valence electrons. The second-order valence-electron chi connectivity index (χ2n) is 6.74. The van der Waals surface area contributed by atoms with Crippen molar-refractivity contribution in [3.8, 4) is 0 Å². The van der Waals surface area contributed by atoms with Gasteiger partial charge in [-0.15, -0.1) is 0 Å². The fourth-order valence-electron chi connectivity index (χ4n) is 3.23. The van der Waals surface area contributed by atoms with Gasteiger partial charge in [-0.1, -0.05) is 29.8 Å². The third-order valence-corrected chi connectivity index (χ3v) is 6.75. The summed E-state index contributed by atoms with van der Waals surface area (Å²) in [5.74, 6) is 0.00472. The Bertz CT molecular complexity index is 938. The number of amides is 1. The van der Waals surface area contributed by atoms with Crippen LogP contribution in [-0.4, -0.2) is 32.3 Å². The molecule has 3 rings (SSSR count). The van der Waals surface area contributed by atoms with Crippen LogP contribution >= 0.6 is 11.6 Å². The van der Waals surface area contributed by atoms with Gasteiger partial charge >= 0.3 is 0 Å². The second kappa shape index (κ2) is 8.42. The Hall–Kier alpha value is -1.89. The smallest absolute Gasteiger partial charge is 0.253 e. The number of benzene rings is 2. The standard InChI is InChI=1S/C20H23ClN2O3S/c1-15-18(21)9-6-10-19(15)27(25,26)22-14-16-7-5-8-17(13-16)20(24)23-11-3-2-4-12-23/h5-10,13,22H,2-4,11-12,14H2,1H3. The van der Waals surface area contributed by atoms with Crippen molar-refractivity contribution in [2.75, 3.05) is 13.1 Å². The molecule has 0 saturated carbocycles. The van der Waals surface area contributed by atoms with Gasteiger partial charge in [0, 0.05) is 30.2 Å². The number of rotatable bonds is 5. The van der Waals surface area contributed by atoms with E-state index in [4.69, 9.17) is 11.6 Å². The van der Waals surface area contributed by atoms with Gasteiger partial charge in [-0.25, -0.2) is 13.1 Å². The fourth-order valence-corrected chi connectivity index (χ4v) is 4.74. The van der Waals surface area contributed by atoms with Crippen LogP contribution in [0.15, 0.2) is 47.4 Å². The van der Waals surface area contributed by atoms with E-state index in [0.29, 0.717) is 16.1 Å². The average molecular weight is 407 g/mol. The van der Waals surface area contributed by atoms with Gasteiger partial charge < -0.3 is 4.90 Å². The summed E-state index contributed by atoms with van der Waals surface area (Å²) >= 11 is 6.03. The van der Waals surface area contributed by atoms with E-state index >= 15 is 0 Å². The van der Waals surface area contributed by atoms with E-state index in [1.54, 1.807) is 43.3 Å². The molecule has 0 spiro atoms. The van der Waals surface area contributed by atoms with E-state index in [2.05, 4.69) is 4.72 Å². The van der Waals surface area contributed by atoms with Crippen LogP contribution in [0.2, 0.25) is 5.02 Å². The lowest BCUT2D eigenvalue weighted by atomic mass is 10.1. The van der Waals surface area contributed by atoms with Crippen molar-refractivity contribution in [2.24, 2.45) is 0 Å². The summed E-state index contributed by atoms with van der Waals surface area (Å²) in [5, 5.41) is 0.409. The van der Waals surface area contributed by atoms with Crippen molar-refractivity contribution < 1.29 is 13.2 Å². The van der Waals surface area contributed by atoms with Crippen molar-refractivity contribution in [3.63, 3.8) is 0 Å². The van der Waals surface area contributed by atoms with E-state index in [-0.39, 0.29) is 17.3 Å². The molecule has 1 fully saturated rings. The summed E-state index contributed by atoms with van der Waals surface area (Å²) in [6.45, 7) is 3.34. The Morgan fingerprint density at radius 2 is 1.81 bits per heavy atom. The number of carbonyl (C=O) groups is 1. The Balaban J connectivity index is 1.73. The summed E-state index contributed by atoms with van der Waals surface area (Å²) < 4.78 is 27.8. The second-order valence-corrected chi connectivity index (χ2v) is 8.88. The predicted molar refractivity (Wildman–Crippen MR) is 106 cm³/mol. The Labute approximate surface area is 165 Å². The molecule has 1 N–H and O–H groups in total. The molecule has 2 aromatic carbocycles. The molecule has 2 aromatic rings. The molecule has 0 radical (unpaired) electrons. The van der Waals surface area contributed by atoms with Crippen molar-refractivity contribution in [1.29, 1.82) is 0 Å². The summed E-state index contributed by atoms with van der Waals surface area (Å²) in [4.78, 5) is 14.7. The monoisotopic (exact) mass is 406 g/mol. The zero-order valence-corrected chi connectivity index (χ0v) is 16.8. The molecule has 1 amide bonds. The first-order valence-corrected chi connectivity index (χ1v) is 10.9. The summed E-state index contributed by atoms with van der Waals surface area (Å²) in [5.41, 5.74) is 1.84. The van der Waals surface area contributed by atoms with Gasteiger partial charge in [0.05, 0.1) is 4.90 Å². The van der Waals surface area contributed by atoms with Crippen LogP contribution in [0.5, 0.6) is 0 Å². The summed E-state index contributed by atoms with van der Waals surface area (Å²) in [7, 11) is -3.70. The van der Waals surface area contributed by atoms with E-state index in [9.17, 15) is 13.2 Å². The van der Waals surface area contributed by atoms with E-state index in [0.717, 1.165) is 37.9 Å². The molecule has 0 unspecified atom stereocenters. The maximum atomic E-state index is 12.6. The van der Waals surface area contributed by atoms with Crippen molar-refractivity contribution in [3.05, 3.63) is 64.2 Å². The average Bonchev–Trinajstić information content (AvgIpc) is 2.69. The van der Waals surface area contributed by atoms with Crippen molar-refractivity contribution in [2.45, 2.75) is 37.6 Å². The number of halogens is 1. The minimum atomic E-state index is -3.70. The molecule has 1 heterocycles. The molecule has 0 atom stereocenters. The molecule has 0 aliphatic carbocycles. The number of nitrogens with one attached hydrogen (secondary N) is 1.